The van der Waals surface area contributed by atoms with E-state index in [0.717, 1.165) is 32.1 Å². The lowest BCUT2D eigenvalue weighted by Gasteiger charge is -2.36. The minimum absolute atomic E-state index is 0.314. The molecular weight excluding hydrogens is 166 g/mol. The Kier molecular flexibility index (Phi) is 2.40. The fourth-order valence-corrected chi connectivity index (χ4v) is 1.95. The number of nitrogens with zero attached hydrogens (tertiary/aromatic N) is 2. The van der Waals surface area contributed by atoms with Crippen LogP contribution in [0.1, 0.15) is 13.8 Å². The van der Waals surface area contributed by atoms with E-state index in [1.807, 2.05) is 0 Å². The molecule has 0 spiro atoms. The van der Waals surface area contributed by atoms with E-state index in [2.05, 4.69) is 29.1 Å². The van der Waals surface area contributed by atoms with Gasteiger partial charge in [0.2, 0.25) is 0 Å². The molecule has 0 bridgehead atoms. The van der Waals surface area contributed by atoms with Crippen molar-refractivity contribution in [2.45, 2.75) is 26.1 Å². The topological polar surface area (TPSA) is 36.9 Å². The predicted octanol–water partition coefficient (Wildman–Crippen LogP) is 0.0548. The van der Waals surface area contributed by atoms with Crippen LogP contribution in [0.3, 0.4) is 0 Å². The highest BCUT2D eigenvalue weighted by atomic mass is 16.5. The Morgan fingerprint density at radius 2 is 2.08 bits per heavy atom. The van der Waals surface area contributed by atoms with Crippen molar-refractivity contribution >= 4 is 5.96 Å². The molecule has 0 saturated carbocycles. The maximum absolute atomic E-state index is 5.65. The molecule has 2 aliphatic heterocycles. The van der Waals surface area contributed by atoms with E-state index in [1.165, 1.54) is 0 Å². The summed E-state index contributed by atoms with van der Waals surface area (Å²) < 4.78 is 5.65. The van der Waals surface area contributed by atoms with Gasteiger partial charge in [-0.3, -0.25) is 4.99 Å². The molecule has 1 N–H and O–H groups in total. The Morgan fingerprint density at radius 1 is 1.38 bits per heavy atom. The van der Waals surface area contributed by atoms with E-state index >= 15 is 0 Å². The zero-order valence-corrected chi connectivity index (χ0v) is 8.29. The Bertz CT molecular complexity index is 207. The van der Waals surface area contributed by atoms with E-state index in [0.29, 0.717) is 12.2 Å². The third kappa shape index (κ3) is 1.94. The number of guanidine groups is 1. The molecule has 1 fully saturated rings. The molecule has 2 heterocycles. The molecule has 0 aromatic heterocycles. The quantitative estimate of drug-likeness (QED) is 0.577. The number of hydrogen-bond acceptors (Lipinski definition) is 4. The van der Waals surface area contributed by atoms with Crippen molar-refractivity contribution in [3.63, 3.8) is 0 Å². The first-order chi connectivity index (χ1) is 6.25. The second kappa shape index (κ2) is 3.54. The first-order valence-corrected chi connectivity index (χ1v) is 4.94. The summed E-state index contributed by atoms with van der Waals surface area (Å²) in [5.74, 6) is 1.06. The van der Waals surface area contributed by atoms with Crippen molar-refractivity contribution in [1.82, 2.24) is 10.2 Å². The summed E-state index contributed by atoms with van der Waals surface area (Å²) in [6, 6.07) is 0. The van der Waals surface area contributed by atoms with Gasteiger partial charge in [0.15, 0.2) is 5.96 Å². The van der Waals surface area contributed by atoms with E-state index in [1.54, 1.807) is 0 Å². The second-order valence-corrected chi connectivity index (χ2v) is 3.79. The molecule has 2 rings (SSSR count). The lowest BCUT2D eigenvalue weighted by atomic mass is 10.2. The number of rotatable bonds is 0. The average Bonchev–Trinajstić information content (AvgIpc) is 2.53. The van der Waals surface area contributed by atoms with Crippen molar-refractivity contribution < 1.29 is 4.74 Å². The molecule has 0 radical (unpaired) electrons. The molecule has 0 aromatic carbocycles. The normalized spacial score (nSPS) is 34.3. The zero-order valence-electron chi connectivity index (χ0n) is 8.29. The molecule has 2 atom stereocenters. The molecule has 13 heavy (non-hydrogen) atoms. The van der Waals surface area contributed by atoms with Crippen molar-refractivity contribution in [2.75, 3.05) is 26.2 Å². The van der Waals surface area contributed by atoms with Crippen molar-refractivity contribution in [3.8, 4) is 0 Å². The van der Waals surface area contributed by atoms with E-state index < -0.39 is 0 Å². The number of ether oxygens (including phenoxy) is 1. The SMILES string of the molecule is C[C@@H]1CN(C2=NCCN2)C[C@H](C)O1. The second-order valence-electron chi connectivity index (χ2n) is 3.79. The molecule has 0 aromatic rings. The maximum Gasteiger partial charge on any atom is 0.194 e. The molecular formula is C9H17N3O. The molecule has 0 aliphatic carbocycles. The third-order valence-electron chi connectivity index (χ3n) is 2.38. The highest BCUT2D eigenvalue weighted by molar-refractivity contribution is 5.81. The van der Waals surface area contributed by atoms with Crippen LogP contribution in [-0.2, 0) is 4.74 Å². The van der Waals surface area contributed by atoms with Gasteiger partial charge in [0.25, 0.3) is 0 Å². The van der Waals surface area contributed by atoms with Gasteiger partial charge in [-0.15, -0.1) is 0 Å². The lowest BCUT2D eigenvalue weighted by molar-refractivity contribution is -0.0487. The highest BCUT2D eigenvalue weighted by Gasteiger charge is 2.25. The average molecular weight is 183 g/mol. The largest absolute Gasteiger partial charge is 0.372 e. The standard InChI is InChI=1S/C9H17N3O/c1-7-5-12(6-8(2)13-7)9-10-3-4-11-9/h7-8H,3-6H2,1-2H3,(H,10,11)/t7-,8+. The first kappa shape index (κ1) is 8.81. The lowest BCUT2D eigenvalue weighted by Crippen LogP contribution is -2.51. The molecule has 74 valence electrons. The zero-order chi connectivity index (χ0) is 9.26. The van der Waals surface area contributed by atoms with Crippen LogP contribution >= 0.6 is 0 Å². The number of morpholine rings is 1. The van der Waals surface area contributed by atoms with Crippen molar-refractivity contribution in [2.24, 2.45) is 4.99 Å². The maximum atomic E-state index is 5.65. The van der Waals surface area contributed by atoms with Gasteiger partial charge >= 0.3 is 0 Å². The van der Waals surface area contributed by atoms with Crippen molar-refractivity contribution in [1.29, 1.82) is 0 Å². The van der Waals surface area contributed by atoms with Crippen LogP contribution in [0.2, 0.25) is 0 Å². The number of aliphatic imine (C=N–C) groups is 1. The Morgan fingerprint density at radius 3 is 2.62 bits per heavy atom. The van der Waals surface area contributed by atoms with E-state index in [-0.39, 0.29) is 0 Å². The first-order valence-electron chi connectivity index (χ1n) is 4.94. The van der Waals surface area contributed by atoms with Gasteiger partial charge in [0, 0.05) is 19.6 Å². The summed E-state index contributed by atoms with van der Waals surface area (Å²) in [5, 5.41) is 3.29. The van der Waals surface area contributed by atoms with Gasteiger partial charge < -0.3 is 15.0 Å². The number of nitrogens with one attached hydrogen (secondary N) is 1. The Balaban J connectivity index is 1.98. The van der Waals surface area contributed by atoms with Gasteiger partial charge in [0.1, 0.15) is 0 Å². The van der Waals surface area contributed by atoms with E-state index in [4.69, 9.17) is 4.74 Å². The van der Waals surface area contributed by atoms with Crippen LogP contribution in [0.4, 0.5) is 0 Å². The van der Waals surface area contributed by atoms with Crippen LogP contribution < -0.4 is 5.32 Å². The predicted molar refractivity (Wildman–Crippen MR) is 51.9 cm³/mol. The molecule has 2 aliphatic rings. The molecule has 0 unspecified atom stereocenters. The monoisotopic (exact) mass is 183 g/mol. The number of hydrogen-bond donors (Lipinski definition) is 1. The van der Waals surface area contributed by atoms with Gasteiger partial charge in [-0.2, -0.15) is 0 Å². The third-order valence-corrected chi connectivity index (χ3v) is 2.38. The molecule has 4 heteroatoms. The van der Waals surface area contributed by atoms with Crippen LogP contribution in [0.25, 0.3) is 0 Å². The summed E-state index contributed by atoms with van der Waals surface area (Å²) in [5.41, 5.74) is 0. The van der Waals surface area contributed by atoms with Gasteiger partial charge in [-0.25, -0.2) is 0 Å². The summed E-state index contributed by atoms with van der Waals surface area (Å²) in [7, 11) is 0. The highest BCUT2D eigenvalue weighted by Crippen LogP contribution is 2.11. The Hall–Kier alpha value is -0.770. The molecule has 0 amide bonds. The van der Waals surface area contributed by atoms with E-state index in [9.17, 15) is 0 Å². The van der Waals surface area contributed by atoms with Crippen LogP contribution in [0, 0.1) is 0 Å². The Labute approximate surface area is 79.0 Å². The fourth-order valence-electron chi connectivity index (χ4n) is 1.95. The summed E-state index contributed by atoms with van der Waals surface area (Å²) in [4.78, 5) is 6.69. The van der Waals surface area contributed by atoms with Crippen molar-refractivity contribution in [3.05, 3.63) is 0 Å². The summed E-state index contributed by atoms with van der Waals surface area (Å²) in [6.45, 7) is 8.02. The summed E-state index contributed by atoms with van der Waals surface area (Å²) >= 11 is 0. The fraction of sp³-hybridized carbons (Fsp3) is 0.889. The van der Waals surface area contributed by atoms with Gasteiger partial charge in [0.05, 0.1) is 18.8 Å². The van der Waals surface area contributed by atoms with Crippen LogP contribution in [-0.4, -0.2) is 49.2 Å². The van der Waals surface area contributed by atoms with Crippen LogP contribution in [0.5, 0.6) is 0 Å². The summed E-state index contributed by atoms with van der Waals surface area (Å²) in [6.07, 6.45) is 0.627. The molecule has 1 saturated heterocycles. The minimum Gasteiger partial charge on any atom is -0.372 e. The van der Waals surface area contributed by atoms with Gasteiger partial charge in [-0.05, 0) is 13.8 Å². The van der Waals surface area contributed by atoms with Gasteiger partial charge in [-0.1, -0.05) is 0 Å². The minimum atomic E-state index is 0.314. The van der Waals surface area contributed by atoms with Crippen LogP contribution in [0.15, 0.2) is 4.99 Å². The molecule has 4 nitrogen and oxygen atoms in total. The smallest absolute Gasteiger partial charge is 0.194 e.